The summed E-state index contributed by atoms with van der Waals surface area (Å²) < 4.78 is 27.7. The van der Waals surface area contributed by atoms with Gasteiger partial charge < -0.3 is 10.1 Å². The molecule has 0 aromatic carbocycles. The Balaban J connectivity index is 3.41. The third-order valence-electron chi connectivity index (χ3n) is 2.10. The predicted molar refractivity (Wildman–Crippen MR) is 62.9 cm³/mol. The highest BCUT2D eigenvalue weighted by Gasteiger charge is 2.08. The Morgan fingerprint density at radius 3 is 2.40 bits per heavy atom. The van der Waals surface area contributed by atoms with Crippen LogP contribution in [-0.4, -0.2) is 46.7 Å². The highest BCUT2D eigenvalue weighted by molar-refractivity contribution is 7.91. The van der Waals surface area contributed by atoms with Crippen molar-refractivity contribution in [1.82, 2.24) is 5.32 Å². The monoisotopic (exact) mass is 237 g/mol. The van der Waals surface area contributed by atoms with Crippen LogP contribution in [0.3, 0.4) is 0 Å². The quantitative estimate of drug-likeness (QED) is 0.572. The van der Waals surface area contributed by atoms with Gasteiger partial charge in [0.1, 0.15) is 9.84 Å². The zero-order valence-electron chi connectivity index (χ0n) is 9.79. The molecule has 0 spiro atoms. The van der Waals surface area contributed by atoms with Gasteiger partial charge in [0.05, 0.1) is 18.1 Å². The molecule has 1 N–H and O–H groups in total. The summed E-state index contributed by atoms with van der Waals surface area (Å²) in [4.78, 5) is 0. The van der Waals surface area contributed by atoms with E-state index in [0.717, 1.165) is 25.9 Å². The van der Waals surface area contributed by atoms with Gasteiger partial charge in [0.15, 0.2) is 0 Å². The number of methoxy groups -OCH3 is 1. The fourth-order valence-electron chi connectivity index (χ4n) is 1.18. The summed E-state index contributed by atoms with van der Waals surface area (Å²) in [7, 11) is -1.16. The van der Waals surface area contributed by atoms with Crippen molar-refractivity contribution in [2.45, 2.75) is 26.2 Å². The summed E-state index contributed by atoms with van der Waals surface area (Å²) in [6.07, 6.45) is 2.40. The number of nitrogens with one attached hydrogen (secondary N) is 1. The predicted octanol–water partition coefficient (Wildman–Crippen LogP) is 0.827. The van der Waals surface area contributed by atoms with Crippen molar-refractivity contribution in [2.24, 2.45) is 0 Å². The molecule has 0 saturated carbocycles. The van der Waals surface area contributed by atoms with Gasteiger partial charge in [-0.2, -0.15) is 0 Å². The van der Waals surface area contributed by atoms with Crippen LogP contribution < -0.4 is 5.32 Å². The molecular weight excluding hydrogens is 214 g/mol. The van der Waals surface area contributed by atoms with E-state index >= 15 is 0 Å². The lowest BCUT2D eigenvalue weighted by Gasteiger charge is -2.05. The van der Waals surface area contributed by atoms with Crippen molar-refractivity contribution in [1.29, 1.82) is 0 Å². The first-order chi connectivity index (χ1) is 7.12. The fraction of sp³-hybridized carbons (Fsp3) is 1.00. The molecule has 0 rings (SSSR count). The molecule has 4 nitrogen and oxygen atoms in total. The second-order valence-corrected chi connectivity index (χ2v) is 5.91. The van der Waals surface area contributed by atoms with Crippen molar-refractivity contribution in [2.75, 3.05) is 38.3 Å². The number of hydrogen-bond donors (Lipinski definition) is 1. The Morgan fingerprint density at radius 2 is 1.80 bits per heavy atom. The highest BCUT2D eigenvalue weighted by atomic mass is 32.2. The topological polar surface area (TPSA) is 55.4 Å². The van der Waals surface area contributed by atoms with Gasteiger partial charge in [-0.1, -0.05) is 13.3 Å². The molecule has 92 valence electrons. The first-order valence-electron chi connectivity index (χ1n) is 5.52. The molecule has 0 heterocycles. The maximum absolute atomic E-state index is 11.4. The van der Waals surface area contributed by atoms with Gasteiger partial charge in [-0.15, -0.1) is 0 Å². The SMILES string of the molecule is CCCCS(=O)(=O)CCCNCCOC. The molecular formula is C10H23NO3S. The lowest BCUT2D eigenvalue weighted by Crippen LogP contribution is -2.23. The van der Waals surface area contributed by atoms with E-state index < -0.39 is 9.84 Å². The molecule has 0 saturated heterocycles. The van der Waals surface area contributed by atoms with Crippen molar-refractivity contribution in [3.63, 3.8) is 0 Å². The van der Waals surface area contributed by atoms with Crippen LogP contribution in [-0.2, 0) is 14.6 Å². The standard InChI is InChI=1S/C10H23NO3S/c1-3-4-9-15(12,13)10-5-6-11-7-8-14-2/h11H,3-10H2,1-2H3. The van der Waals surface area contributed by atoms with Crippen LogP contribution in [0.2, 0.25) is 0 Å². The first-order valence-corrected chi connectivity index (χ1v) is 7.34. The Morgan fingerprint density at radius 1 is 1.13 bits per heavy atom. The Labute approximate surface area is 93.3 Å². The summed E-state index contributed by atoms with van der Waals surface area (Å²) in [5, 5.41) is 3.13. The number of unbranched alkanes of at least 4 members (excludes halogenated alkanes) is 1. The lowest BCUT2D eigenvalue weighted by atomic mass is 10.4. The maximum atomic E-state index is 11.4. The molecule has 0 aromatic heterocycles. The van der Waals surface area contributed by atoms with Gasteiger partial charge >= 0.3 is 0 Å². The van der Waals surface area contributed by atoms with E-state index in [1.54, 1.807) is 7.11 Å². The molecule has 0 bridgehead atoms. The first kappa shape index (κ1) is 14.9. The number of rotatable bonds is 10. The molecule has 0 aromatic rings. The molecule has 0 unspecified atom stereocenters. The smallest absolute Gasteiger partial charge is 0.150 e. The van der Waals surface area contributed by atoms with E-state index in [0.29, 0.717) is 24.5 Å². The van der Waals surface area contributed by atoms with Gasteiger partial charge in [-0.25, -0.2) is 8.42 Å². The van der Waals surface area contributed by atoms with Crippen molar-refractivity contribution < 1.29 is 13.2 Å². The summed E-state index contributed by atoms with van der Waals surface area (Å²) in [6, 6.07) is 0. The van der Waals surface area contributed by atoms with Gasteiger partial charge in [-0.3, -0.25) is 0 Å². The normalized spacial score (nSPS) is 11.9. The van der Waals surface area contributed by atoms with Gasteiger partial charge in [-0.05, 0) is 19.4 Å². The van der Waals surface area contributed by atoms with Crippen LogP contribution in [0, 0.1) is 0 Å². The lowest BCUT2D eigenvalue weighted by molar-refractivity contribution is 0.199. The van der Waals surface area contributed by atoms with Crippen molar-refractivity contribution in [3.8, 4) is 0 Å². The van der Waals surface area contributed by atoms with Crippen LogP contribution in [0.25, 0.3) is 0 Å². The van der Waals surface area contributed by atoms with Gasteiger partial charge in [0.2, 0.25) is 0 Å². The largest absolute Gasteiger partial charge is 0.383 e. The van der Waals surface area contributed by atoms with Crippen LogP contribution in [0.4, 0.5) is 0 Å². The van der Waals surface area contributed by atoms with E-state index in [-0.39, 0.29) is 0 Å². The summed E-state index contributed by atoms with van der Waals surface area (Å²) >= 11 is 0. The van der Waals surface area contributed by atoms with Crippen molar-refractivity contribution >= 4 is 9.84 Å². The molecule has 0 aliphatic heterocycles. The van der Waals surface area contributed by atoms with E-state index in [1.165, 1.54) is 0 Å². The second kappa shape index (κ2) is 9.12. The number of ether oxygens (including phenoxy) is 1. The molecule has 15 heavy (non-hydrogen) atoms. The molecule has 0 amide bonds. The van der Waals surface area contributed by atoms with E-state index in [2.05, 4.69) is 5.32 Å². The molecule has 0 aliphatic carbocycles. The third kappa shape index (κ3) is 10.2. The maximum Gasteiger partial charge on any atom is 0.150 e. The average molecular weight is 237 g/mol. The average Bonchev–Trinajstić information content (AvgIpc) is 2.20. The van der Waals surface area contributed by atoms with E-state index in [1.807, 2.05) is 6.92 Å². The molecule has 0 atom stereocenters. The second-order valence-electron chi connectivity index (χ2n) is 3.60. The number of sulfone groups is 1. The zero-order valence-corrected chi connectivity index (χ0v) is 10.6. The third-order valence-corrected chi connectivity index (χ3v) is 3.92. The summed E-state index contributed by atoms with van der Waals surface area (Å²) in [6.45, 7) is 4.20. The minimum atomic E-state index is -2.81. The van der Waals surface area contributed by atoms with E-state index in [4.69, 9.17) is 4.74 Å². The van der Waals surface area contributed by atoms with Crippen LogP contribution >= 0.6 is 0 Å². The van der Waals surface area contributed by atoms with Crippen molar-refractivity contribution in [3.05, 3.63) is 0 Å². The molecule has 0 fully saturated rings. The molecule has 0 aliphatic rings. The van der Waals surface area contributed by atoms with Crippen LogP contribution in [0.5, 0.6) is 0 Å². The molecule has 5 heteroatoms. The zero-order chi connectivity index (χ0) is 11.6. The highest BCUT2D eigenvalue weighted by Crippen LogP contribution is 1.98. The summed E-state index contributed by atoms with van der Waals surface area (Å²) in [5.74, 6) is 0.633. The van der Waals surface area contributed by atoms with Gasteiger partial charge in [0.25, 0.3) is 0 Å². The molecule has 0 radical (unpaired) electrons. The Bertz CT molecular complexity index is 227. The Kier molecular flexibility index (Phi) is 9.04. The fourth-order valence-corrected chi connectivity index (χ4v) is 2.70. The van der Waals surface area contributed by atoms with Crippen LogP contribution in [0.1, 0.15) is 26.2 Å². The van der Waals surface area contributed by atoms with E-state index in [9.17, 15) is 8.42 Å². The minimum absolute atomic E-state index is 0.299. The summed E-state index contributed by atoms with van der Waals surface area (Å²) in [5.41, 5.74) is 0. The van der Waals surface area contributed by atoms with Crippen LogP contribution in [0.15, 0.2) is 0 Å². The number of hydrogen-bond acceptors (Lipinski definition) is 4. The Hall–Kier alpha value is -0.130. The minimum Gasteiger partial charge on any atom is -0.383 e. The van der Waals surface area contributed by atoms with Gasteiger partial charge in [0, 0.05) is 13.7 Å².